The fraction of sp³-hybridized carbons (Fsp3) is 0.174. The van der Waals surface area contributed by atoms with Crippen LogP contribution in [-0.2, 0) is 0 Å². The van der Waals surface area contributed by atoms with Crippen molar-refractivity contribution in [2.24, 2.45) is 0 Å². The topological polar surface area (TPSA) is 33.5 Å². The molecule has 0 bridgehead atoms. The van der Waals surface area contributed by atoms with Crippen molar-refractivity contribution in [3.8, 4) is 11.1 Å². The van der Waals surface area contributed by atoms with Crippen molar-refractivity contribution in [3.05, 3.63) is 82.2 Å². The highest BCUT2D eigenvalue weighted by Gasteiger charge is 2.14. The van der Waals surface area contributed by atoms with Gasteiger partial charge in [0.2, 0.25) is 0 Å². The van der Waals surface area contributed by atoms with Crippen LogP contribution >= 0.6 is 0 Å². The van der Waals surface area contributed by atoms with Gasteiger partial charge in [-0.05, 0) is 59.9 Å². The van der Waals surface area contributed by atoms with Gasteiger partial charge in [0, 0.05) is 36.8 Å². The molecule has 0 atom stereocenters. The first-order valence-corrected chi connectivity index (χ1v) is 8.75. The Morgan fingerprint density at radius 1 is 1.00 bits per heavy atom. The molecule has 0 radical (unpaired) electrons. The maximum absolute atomic E-state index is 12.0. The first kappa shape index (κ1) is 16.4. The monoisotopic (exact) mass is 343 g/mol. The molecule has 3 aromatic rings. The van der Waals surface area contributed by atoms with Crippen LogP contribution in [0.25, 0.3) is 27.7 Å². The van der Waals surface area contributed by atoms with E-state index in [9.17, 15) is 4.79 Å². The molecule has 0 unspecified atom stereocenters. The van der Waals surface area contributed by atoms with E-state index >= 15 is 0 Å². The van der Waals surface area contributed by atoms with Crippen LogP contribution in [0, 0.1) is 6.92 Å². The normalized spacial score (nSPS) is 13.3. The molecule has 2 aromatic carbocycles. The highest BCUT2D eigenvalue weighted by Crippen LogP contribution is 2.35. The summed E-state index contributed by atoms with van der Waals surface area (Å²) in [5.41, 5.74) is 6.87. The van der Waals surface area contributed by atoms with Gasteiger partial charge >= 0.3 is 5.63 Å². The van der Waals surface area contributed by atoms with E-state index in [2.05, 4.69) is 59.5 Å². The highest BCUT2D eigenvalue weighted by atomic mass is 16.4. The van der Waals surface area contributed by atoms with Gasteiger partial charge in [-0.1, -0.05) is 30.4 Å². The fourth-order valence-corrected chi connectivity index (χ4v) is 3.42. The number of aryl methyl sites for hydroxylation is 1. The molecule has 0 amide bonds. The molecule has 1 aromatic heterocycles. The average molecular weight is 343 g/mol. The highest BCUT2D eigenvalue weighted by molar-refractivity contribution is 5.97. The number of rotatable bonds is 3. The van der Waals surface area contributed by atoms with E-state index < -0.39 is 0 Å². The van der Waals surface area contributed by atoms with Crippen LogP contribution in [0.15, 0.2) is 69.9 Å². The third kappa shape index (κ3) is 2.86. The van der Waals surface area contributed by atoms with Crippen molar-refractivity contribution < 1.29 is 4.42 Å². The predicted molar refractivity (Wildman–Crippen MR) is 109 cm³/mol. The zero-order valence-electron chi connectivity index (χ0n) is 15.2. The van der Waals surface area contributed by atoms with E-state index in [0.29, 0.717) is 5.58 Å². The molecule has 3 heteroatoms. The standard InChI is InChI=1S/C23H21NO2/c1-15-12-22(25)26-23-20(15)13-18(16-6-4-5-7-16)14-21(23)17-8-10-19(11-9-17)24(2)3/h4-6,8-14H,7H2,1-3H3. The van der Waals surface area contributed by atoms with Crippen LogP contribution in [0.3, 0.4) is 0 Å². The molecule has 0 aliphatic heterocycles. The molecule has 26 heavy (non-hydrogen) atoms. The van der Waals surface area contributed by atoms with Gasteiger partial charge in [-0.2, -0.15) is 0 Å². The van der Waals surface area contributed by atoms with Crippen molar-refractivity contribution in [3.63, 3.8) is 0 Å². The zero-order valence-corrected chi connectivity index (χ0v) is 15.2. The molecule has 4 rings (SSSR count). The maximum Gasteiger partial charge on any atom is 0.336 e. The van der Waals surface area contributed by atoms with Gasteiger partial charge in [-0.25, -0.2) is 4.79 Å². The van der Waals surface area contributed by atoms with E-state index in [0.717, 1.165) is 34.2 Å². The summed E-state index contributed by atoms with van der Waals surface area (Å²) in [6.45, 7) is 1.96. The number of allylic oxidation sites excluding steroid dienone is 4. The Labute approximate surface area is 152 Å². The lowest BCUT2D eigenvalue weighted by atomic mass is 9.94. The fourth-order valence-electron chi connectivity index (χ4n) is 3.42. The van der Waals surface area contributed by atoms with Gasteiger partial charge in [-0.15, -0.1) is 0 Å². The summed E-state index contributed by atoms with van der Waals surface area (Å²) in [7, 11) is 4.04. The molecule has 0 saturated heterocycles. The molecule has 0 saturated carbocycles. The first-order chi connectivity index (χ1) is 12.5. The predicted octanol–water partition coefficient (Wildman–Crippen LogP) is 5.18. The summed E-state index contributed by atoms with van der Waals surface area (Å²) >= 11 is 0. The molecule has 1 aliphatic carbocycles. The van der Waals surface area contributed by atoms with Crippen molar-refractivity contribution in [2.75, 3.05) is 19.0 Å². The molecule has 0 N–H and O–H groups in total. The number of anilines is 1. The minimum atomic E-state index is -0.310. The number of hydrogen-bond donors (Lipinski definition) is 0. The summed E-state index contributed by atoms with van der Waals surface area (Å²) in [5, 5.41) is 0.988. The number of fused-ring (bicyclic) bond motifs is 1. The maximum atomic E-state index is 12.0. The van der Waals surface area contributed by atoms with Crippen LogP contribution in [0.2, 0.25) is 0 Å². The van der Waals surface area contributed by atoms with E-state index in [1.54, 1.807) is 6.07 Å². The van der Waals surface area contributed by atoms with Gasteiger partial charge in [-0.3, -0.25) is 0 Å². The Morgan fingerprint density at radius 2 is 1.77 bits per heavy atom. The van der Waals surface area contributed by atoms with Crippen molar-refractivity contribution in [2.45, 2.75) is 13.3 Å². The lowest BCUT2D eigenvalue weighted by molar-refractivity contribution is 0.561. The van der Waals surface area contributed by atoms with Crippen molar-refractivity contribution in [1.82, 2.24) is 0 Å². The molecule has 0 fully saturated rings. The van der Waals surface area contributed by atoms with Gasteiger partial charge in [0.25, 0.3) is 0 Å². The first-order valence-electron chi connectivity index (χ1n) is 8.75. The second-order valence-corrected chi connectivity index (χ2v) is 6.91. The summed E-state index contributed by atoms with van der Waals surface area (Å²) < 4.78 is 5.62. The summed E-state index contributed by atoms with van der Waals surface area (Å²) in [5.74, 6) is 0. The quantitative estimate of drug-likeness (QED) is 0.615. The molecule has 3 nitrogen and oxygen atoms in total. The average Bonchev–Trinajstić information content (AvgIpc) is 3.16. The Bertz CT molecular complexity index is 1100. The third-order valence-corrected chi connectivity index (χ3v) is 4.89. The Kier molecular flexibility index (Phi) is 4.00. The second-order valence-electron chi connectivity index (χ2n) is 6.91. The summed E-state index contributed by atoms with van der Waals surface area (Å²) in [6, 6.07) is 14.1. The van der Waals surface area contributed by atoms with E-state index in [-0.39, 0.29) is 5.63 Å². The smallest absolute Gasteiger partial charge is 0.336 e. The summed E-state index contributed by atoms with van der Waals surface area (Å²) in [6.07, 6.45) is 7.32. The van der Waals surface area contributed by atoms with Gasteiger partial charge in [0.05, 0.1) is 0 Å². The molecular weight excluding hydrogens is 322 g/mol. The Hall–Kier alpha value is -3.07. The largest absolute Gasteiger partial charge is 0.422 e. The second kappa shape index (κ2) is 6.34. The van der Waals surface area contributed by atoms with Crippen LogP contribution in [0.5, 0.6) is 0 Å². The summed E-state index contributed by atoms with van der Waals surface area (Å²) in [4.78, 5) is 14.0. The molecular formula is C23H21NO2. The minimum Gasteiger partial charge on any atom is -0.422 e. The van der Waals surface area contributed by atoms with Crippen molar-refractivity contribution in [1.29, 1.82) is 0 Å². The number of benzene rings is 2. The number of nitrogens with zero attached hydrogens (tertiary/aromatic N) is 1. The zero-order chi connectivity index (χ0) is 18.3. The minimum absolute atomic E-state index is 0.310. The van der Waals surface area contributed by atoms with E-state index in [1.807, 2.05) is 21.0 Å². The van der Waals surface area contributed by atoms with Crippen LogP contribution in [0.4, 0.5) is 5.69 Å². The number of hydrogen-bond acceptors (Lipinski definition) is 3. The van der Waals surface area contributed by atoms with E-state index in [4.69, 9.17) is 4.42 Å². The van der Waals surface area contributed by atoms with Gasteiger partial charge in [0.1, 0.15) is 5.58 Å². The van der Waals surface area contributed by atoms with Crippen LogP contribution < -0.4 is 10.5 Å². The van der Waals surface area contributed by atoms with Crippen LogP contribution in [-0.4, -0.2) is 14.1 Å². The van der Waals surface area contributed by atoms with Gasteiger partial charge in [0.15, 0.2) is 0 Å². The lowest BCUT2D eigenvalue weighted by Gasteiger charge is -2.14. The third-order valence-electron chi connectivity index (χ3n) is 4.89. The lowest BCUT2D eigenvalue weighted by Crippen LogP contribution is -2.08. The van der Waals surface area contributed by atoms with Crippen molar-refractivity contribution >= 4 is 22.2 Å². The van der Waals surface area contributed by atoms with E-state index in [1.165, 1.54) is 11.1 Å². The Morgan fingerprint density at radius 3 is 2.42 bits per heavy atom. The SMILES string of the molecule is Cc1cc(=O)oc2c(-c3ccc(N(C)C)cc3)cc(C3=CC=CC3)cc12. The van der Waals surface area contributed by atoms with Crippen LogP contribution in [0.1, 0.15) is 17.5 Å². The molecule has 1 aliphatic rings. The molecule has 130 valence electrons. The molecule has 1 heterocycles. The van der Waals surface area contributed by atoms with Gasteiger partial charge < -0.3 is 9.32 Å². The molecule has 0 spiro atoms. The Balaban J connectivity index is 1.97.